The van der Waals surface area contributed by atoms with Gasteiger partial charge in [-0.2, -0.15) is 0 Å². The van der Waals surface area contributed by atoms with E-state index in [1.165, 1.54) is 0 Å². The molecule has 0 aliphatic carbocycles. The first-order valence-corrected chi connectivity index (χ1v) is 9.57. The zero-order valence-electron chi connectivity index (χ0n) is 16.6. The van der Waals surface area contributed by atoms with Crippen LogP contribution in [0.3, 0.4) is 0 Å². The van der Waals surface area contributed by atoms with E-state index in [1.54, 1.807) is 29.2 Å². The standard InChI is InChI=1S/C21H26N2O5/c1-14-6-4-5-11-23(14)20(24)13-27-21(25)17-7-9-18(10-8-17)26-12-19-15(2)22-28-16(19)3/h7-10,14H,4-6,11-13H2,1-3H3/t14-/m0/s1. The van der Waals surface area contributed by atoms with Crippen LogP contribution in [0.25, 0.3) is 0 Å². The van der Waals surface area contributed by atoms with Gasteiger partial charge in [0.15, 0.2) is 6.61 Å². The Morgan fingerprint density at radius 1 is 1.21 bits per heavy atom. The van der Waals surface area contributed by atoms with Gasteiger partial charge in [0.2, 0.25) is 0 Å². The number of carbonyl (C=O) groups is 2. The van der Waals surface area contributed by atoms with E-state index in [9.17, 15) is 9.59 Å². The summed E-state index contributed by atoms with van der Waals surface area (Å²) in [6.07, 6.45) is 3.13. The van der Waals surface area contributed by atoms with Crippen molar-refractivity contribution < 1.29 is 23.6 Å². The van der Waals surface area contributed by atoms with Gasteiger partial charge in [0.1, 0.15) is 18.1 Å². The number of piperidine rings is 1. The van der Waals surface area contributed by atoms with E-state index in [1.807, 2.05) is 20.8 Å². The van der Waals surface area contributed by atoms with Gasteiger partial charge in [-0.25, -0.2) is 4.79 Å². The van der Waals surface area contributed by atoms with Crippen molar-refractivity contribution in [3.05, 3.63) is 46.8 Å². The largest absolute Gasteiger partial charge is 0.489 e. The Morgan fingerprint density at radius 2 is 1.96 bits per heavy atom. The van der Waals surface area contributed by atoms with Crippen LogP contribution >= 0.6 is 0 Å². The highest BCUT2D eigenvalue weighted by molar-refractivity contribution is 5.91. The molecule has 7 heteroatoms. The van der Waals surface area contributed by atoms with Crippen molar-refractivity contribution in [3.63, 3.8) is 0 Å². The first kappa shape index (κ1) is 19.9. The fourth-order valence-corrected chi connectivity index (χ4v) is 3.31. The Balaban J connectivity index is 1.50. The third-order valence-electron chi connectivity index (χ3n) is 5.10. The monoisotopic (exact) mass is 386 g/mol. The molecule has 1 saturated heterocycles. The van der Waals surface area contributed by atoms with Gasteiger partial charge in [0, 0.05) is 12.6 Å². The summed E-state index contributed by atoms with van der Waals surface area (Å²) < 4.78 is 16.0. The lowest BCUT2D eigenvalue weighted by molar-refractivity contribution is -0.137. The number of carbonyl (C=O) groups excluding carboxylic acids is 2. The summed E-state index contributed by atoms with van der Waals surface area (Å²) >= 11 is 0. The van der Waals surface area contributed by atoms with Crippen LogP contribution in [0.1, 0.15) is 53.6 Å². The van der Waals surface area contributed by atoms with Crippen LogP contribution in [0.4, 0.5) is 0 Å². The lowest BCUT2D eigenvalue weighted by Gasteiger charge is -2.33. The van der Waals surface area contributed by atoms with Crippen molar-refractivity contribution >= 4 is 11.9 Å². The molecule has 0 N–H and O–H groups in total. The fraction of sp³-hybridized carbons (Fsp3) is 0.476. The van der Waals surface area contributed by atoms with Crippen LogP contribution in [0.5, 0.6) is 5.75 Å². The van der Waals surface area contributed by atoms with Gasteiger partial charge in [-0.15, -0.1) is 0 Å². The van der Waals surface area contributed by atoms with Gasteiger partial charge in [-0.05, 0) is 64.3 Å². The molecule has 1 aromatic heterocycles. The number of aryl methyl sites for hydroxylation is 2. The topological polar surface area (TPSA) is 81.9 Å². The molecule has 1 atom stereocenters. The molecule has 2 heterocycles. The molecule has 1 aliphatic heterocycles. The van der Waals surface area contributed by atoms with E-state index < -0.39 is 5.97 Å². The second-order valence-electron chi connectivity index (χ2n) is 7.12. The van der Waals surface area contributed by atoms with E-state index >= 15 is 0 Å². The maximum absolute atomic E-state index is 12.3. The lowest BCUT2D eigenvalue weighted by atomic mass is 10.0. The molecule has 28 heavy (non-hydrogen) atoms. The maximum atomic E-state index is 12.3. The highest BCUT2D eigenvalue weighted by atomic mass is 16.5. The van der Waals surface area contributed by atoms with Crippen LogP contribution in [-0.2, 0) is 16.1 Å². The molecule has 1 fully saturated rings. The van der Waals surface area contributed by atoms with Crippen LogP contribution in [0, 0.1) is 13.8 Å². The summed E-state index contributed by atoms with van der Waals surface area (Å²) in [4.78, 5) is 26.3. The molecule has 0 radical (unpaired) electrons. The zero-order chi connectivity index (χ0) is 20.1. The Labute approximate surface area is 164 Å². The highest BCUT2D eigenvalue weighted by Gasteiger charge is 2.24. The molecule has 0 spiro atoms. The molecule has 1 aromatic carbocycles. The lowest BCUT2D eigenvalue weighted by Crippen LogP contribution is -2.44. The molecule has 0 unspecified atom stereocenters. The SMILES string of the molecule is Cc1noc(C)c1COc1ccc(C(=O)OCC(=O)N2CCCC[C@@H]2C)cc1. The highest BCUT2D eigenvalue weighted by Crippen LogP contribution is 2.19. The Bertz CT molecular complexity index is 808. The molecule has 0 bridgehead atoms. The first-order chi connectivity index (χ1) is 13.5. The van der Waals surface area contributed by atoms with Crippen molar-refractivity contribution in [3.8, 4) is 5.75 Å². The number of aromatic nitrogens is 1. The summed E-state index contributed by atoms with van der Waals surface area (Å²) in [5, 5.41) is 3.89. The van der Waals surface area contributed by atoms with E-state index in [0.29, 0.717) is 17.9 Å². The van der Waals surface area contributed by atoms with Crippen molar-refractivity contribution in [2.45, 2.75) is 52.7 Å². The van der Waals surface area contributed by atoms with Crippen LogP contribution in [0.15, 0.2) is 28.8 Å². The normalized spacial score (nSPS) is 16.7. The predicted octanol–water partition coefficient (Wildman–Crippen LogP) is 3.43. The van der Waals surface area contributed by atoms with Crippen molar-refractivity contribution in [2.24, 2.45) is 0 Å². The number of likely N-dealkylation sites (tertiary alicyclic amines) is 1. The van der Waals surface area contributed by atoms with Crippen molar-refractivity contribution in [2.75, 3.05) is 13.2 Å². The first-order valence-electron chi connectivity index (χ1n) is 9.57. The second kappa shape index (κ2) is 8.91. The van der Waals surface area contributed by atoms with Crippen LogP contribution in [-0.4, -0.2) is 41.1 Å². The fourth-order valence-electron chi connectivity index (χ4n) is 3.31. The molecule has 7 nitrogen and oxygen atoms in total. The smallest absolute Gasteiger partial charge is 0.338 e. The Morgan fingerprint density at radius 3 is 2.61 bits per heavy atom. The summed E-state index contributed by atoms with van der Waals surface area (Å²) in [7, 11) is 0. The zero-order valence-corrected chi connectivity index (χ0v) is 16.6. The number of ether oxygens (including phenoxy) is 2. The molecular weight excluding hydrogens is 360 g/mol. The number of hydrogen-bond donors (Lipinski definition) is 0. The van der Waals surface area contributed by atoms with Gasteiger partial charge in [0.05, 0.1) is 16.8 Å². The summed E-state index contributed by atoms with van der Waals surface area (Å²) in [6, 6.07) is 6.85. The average molecular weight is 386 g/mol. The number of hydrogen-bond acceptors (Lipinski definition) is 6. The molecular formula is C21H26N2O5. The summed E-state index contributed by atoms with van der Waals surface area (Å²) in [6.45, 7) is 6.57. The van der Waals surface area contributed by atoms with Crippen molar-refractivity contribution in [1.29, 1.82) is 0 Å². The Hall–Kier alpha value is -2.83. The molecule has 3 rings (SSSR count). The predicted molar refractivity (Wildman–Crippen MR) is 102 cm³/mol. The van der Waals surface area contributed by atoms with E-state index in [0.717, 1.165) is 42.8 Å². The van der Waals surface area contributed by atoms with Gasteiger partial charge < -0.3 is 18.9 Å². The van der Waals surface area contributed by atoms with E-state index in [-0.39, 0.29) is 18.6 Å². The van der Waals surface area contributed by atoms with E-state index in [2.05, 4.69) is 5.16 Å². The second-order valence-corrected chi connectivity index (χ2v) is 7.12. The van der Waals surface area contributed by atoms with Gasteiger partial charge in [-0.3, -0.25) is 4.79 Å². The number of nitrogens with zero attached hydrogens (tertiary/aromatic N) is 2. The molecule has 1 aliphatic rings. The number of esters is 1. The summed E-state index contributed by atoms with van der Waals surface area (Å²) in [5.74, 6) is 0.690. The molecule has 150 valence electrons. The third-order valence-corrected chi connectivity index (χ3v) is 5.10. The van der Waals surface area contributed by atoms with Gasteiger partial charge in [0.25, 0.3) is 5.91 Å². The molecule has 1 amide bonds. The third kappa shape index (κ3) is 4.71. The minimum absolute atomic E-state index is 0.139. The minimum atomic E-state index is -0.518. The van der Waals surface area contributed by atoms with Gasteiger partial charge >= 0.3 is 5.97 Å². The number of rotatable bonds is 6. The quantitative estimate of drug-likeness (QED) is 0.708. The average Bonchev–Trinajstić information content (AvgIpc) is 3.02. The van der Waals surface area contributed by atoms with Crippen LogP contribution < -0.4 is 4.74 Å². The van der Waals surface area contributed by atoms with E-state index in [4.69, 9.17) is 14.0 Å². The molecule has 0 saturated carbocycles. The Kier molecular flexibility index (Phi) is 6.34. The summed E-state index contributed by atoms with van der Waals surface area (Å²) in [5.41, 5.74) is 2.09. The molecule has 2 aromatic rings. The van der Waals surface area contributed by atoms with Crippen molar-refractivity contribution in [1.82, 2.24) is 10.1 Å². The maximum Gasteiger partial charge on any atom is 0.338 e. The van der Waals surface area contributed by atoms with Crippen LogP contribution in [0.2, 0.25) is 0 Å². The number of amides is 1. The van der Waals surface area contributed by atoms with Gasteiger partial charge in [-0.1, -0.05) is 5.16 Å². The minimum Gasteiger partial charge on any atom is -0.489 e. The number of benzene rings is 1.